The molecule has 1 aliphatic carbocycles. The quantitative estimate of drug-likeness (QED) is 0.743. The molecule has 6 nitrogen and oxygen atoms in total. The number of aromatic nitrogens is 1. The van der Waals surface area contributed by atoms with E-state index < -0.39 is 0 Å². The van der Waals surface area contributed by atoms with Crippen LogP contribution in [-0.4, -0.2) is 47.4 Å². The summed E-state index contributed by atoms with van der Waals surface area (Å²) in [5.41, 5.74) is 1.13. The predicted octanol–water partition coefficient (Wildman–Crippen LogP) is 2.10. The molecule has 2 fully saturated rings. The monoisotopic (exact) mass is 344 g/mol. The van der Waals surface area contributed by atoms with Crippen LogP contribution in [0.5, 0.6) is 0 Å². The van der Waals surface area contributed by atoms with Gasteiger partial charge in [-0.15, -0.1) is 0 Å². The number of amides is 2. The van der Waals surface area contributed by atoms with Crippen molar-refractivity contribution in [3.63, 3.8) is 0 Å². The van der Waals surface area contributed by atoms with Crippen molar-refractivity contribution in [2.45, 2.75) is 51.5 Å². The maximum absolute atomic E-state index is 12.5. The third-order valence-corrected chi connectivity index (χ3v) is 4.89. The molecule has 136 valence electrons. The summed E-state index contributed by atoms with van der Waals surface area (Å²) in [7, 11) is 0. The van der Waals surface area contributed by atoms with Crippen molar-refractivity contribution >= 4 is 17.6 Å². The Labute approximate surface area is 149 Å². The van der Waals surface area contributed by atoms with E-state index >= 15 is 0 Å². The zero-order chi connectivity index (χ0) is 17.6. The van der Waals surface area contributed by atoms with Crippen LogP contribution >= 0.6 is 0 Å². The Kier molecular flexibility index (Phi) is 5.89. The molecule has 0 unspecified atom stereocenters. The predicted molar refractivity (Wildman–Crippen MR) is 97.2 cm³/mol. The Balaban J connectivity index is 1.38. The number of carbonyl (C=O) groups is 2. The van der Waals surface area contributed by atoms with Crippen LogP contribution in [0.1, 0.15) is 44.1 Å². The SMILES string of the molecule is Cc1ccc(NCCCNC(=O)[C@@H]2CCCCN2C(=O)C2CC2)nc1. The van der Waals surface area contributed by atoms with Crippen LogP contribution in [0.3, 0.4) is 0 Å². The maximum Gasteiger partial charge on any atom is 0.242 e. The first-order valence-corrected chi connectivity index (χ1v) is 9.40. The number of rotatable bonds is 7. The minimum absolute atomic E-state index is 0.00200. The molecule has 1 saturated heterocycles. The fraction of sp³-hybridized carbons (Fsp3) is 0.632. The number of anilines is 1. The lowest BCUT2D eigenvalue weighted by Crippen LogP contribution is -2.52. The summed E-state index contributed by atoms with van der Waals surface area (Å²) in [6.07, 6.45) is 7.45. The first-order valence-electron chi connectivity index (χ1n) is 9.40. The second-order valence-corrected chi connectivity index (χ2v) is 7.11. The molecule has 2 amide bonds. The lowest BCUT2D eigenvalue weighted by atomic mass is 10.0. The maximum atomic E-state index is 12.5. The van der Waals surface area contributed by atoms with Gasteiger partial charge in [0.25, 0.3) is 0 Å². The van der Waals surface area contributed by atoms with Crippen molar-refractivity contribution in [3.8, 4) is 0 Å². The zero-order valence-corrected chi connectivity index (χ0v) is 15.0. The molecule has 0 radical (unpaired) electrons. The summed E-state index contributed by atoms with van der Waals surface area (Å²) in [5.74, 6) is 1.22. The average molecular weight is 344 g/mol. The van der Waals surface area contributed by atoms with Gasteiger partial charge in [-0.1, -0.05) is 6.07 Å². The minimum Gasteiger partial charge on any atom is -0.370 e. The largest absolute Gasteiger partial charge is 0.370 e. The molecule has 2 N–H and O–H groups in total. The second-order valence-electron chi connectivity index (χ2n) is 7.11. The first kappa shape index (κ1) is 17.7. The summed E-state index contributed by atoms with van der Waals surface area (Å²) in [6.45, 7) is 4.11. The molecule has 0 bridgehead atoms. The third-order valence-electron chi connectivity index (χ3n) is 4.89. The molecular weight excluding hydrogens is 316 g/mol. The van der Waals surface area contributed by atoms with Crippen LogP contribution in [0.4, 0.5) is 5.82 Å². The van der Waals surface area contributed by atoms with E-state index in [1.54, 1.807) is 0 Å². The molecule has 2 heterocycles. The van der Waals surface area contributed by atoms with Crippen LogP contribution in [0, 0.1) is 12.8 Å². The van der Waals surface area contributed by atoms with Gasteiger partial charge in [-0.05, 0) is 57.1 Å². The topological polar surface area (TPSA) is 74.3 Å². The Bertz CT molecular complexity index is 598. The van der Waals surface area contributed by atoms with Crippen molar-refractivity contribution < 1.29 is 9.59 Å². The highest BCUT2D eigenvalue weighted by Crippen LogP contribution is 2.33. The van der Waals surface area contributed by atoms with Gasteiger partial charge in [-0.25, -0.2) is 4.98 Å². The molecule has 0 aromatic carbocycles. The highest BCUT2D eigenvalue weighted by atomic mass is 16.2. The third kappa shape index (κ3) is 4.94. The number of pyridine rings is 1. The van der Waals surface area contributed by atoms with Gasteiger partial charge in [-0.3, -0.25) is 9.59 Å². The van der Waals surface area contributed by atoms with E-state index in [9.17, 15) is 9.59 Å². The van der Waals surface area contributed by atoms with Gasteiger partial charge < -0.3 is 15.5 Å². The number of hydrogen-bond acceptors (Lipinski definition) is 4. The lowest BCUT2D eigenvalue weighted by Gasteiger charge is -2.35. The number of piperidine rings is 1. The molecule has 1 saturated carbocycles. The molecule has 2 aliphatic rings. The highest BCUT2D eigenvalue weighted by Gasteiger charge is 2.39. The van der Waals surface area contributed by atoms with Crippen LogP contribution in [0.2, 0.25) is 0 Å². The normalized spacial score (nSPS) is 20.2. The molecule has 1 aromatic heterocycles. The molecule has 0 spiro atoms. The van der Waals surface area contributed by atoms with E-state index in [1.807, 2.05) is 30.2 Å². The summed E-state index contributed by atoms with van der Waals surface area (Å²) in [4.78, 5) is 31.0. The van der Waals surface area contributed by atoms with Gasteiger partial charge >= 0.3 is 0 Å². The molecular formula is C19H28N4O2. The van der Waals surface area contributed by atoms with E-state index in [0.29, 0.717) is 6.54 Å². The Morgan fingerprint density at radius 1 is 1.20 bits per heavy atom. The van der Waals surface area contributed by atoms with Crippen LogP contribution < -0.4 is 10.6 Å². The standard InChI is InChI=1S/C19H28N4O2/c1-14-6-9-17(22-13-14)20-10-4-11-21-18(24)16-5-2-3-12-23(16)19(25)15-7-8-15/h6,9,13,15-16H,2-5,7-8,10-12H2,1H3,(H,20,22)(H,21,24)/t16-/m0/s1. The zero-order valence-electron chi connectivity index (χ0n) is 15.0. The van der Waals surface area contributed by atoms with Gasteiger partial charge in [0.2, 0.25) is 11.8 Å². The van der Waals surface area contributed by atoms with E-state index in [1.165, 1.54) is 0 Å². The Morgan fingerprint density at radius 3 is 2.76 bits per heavy atom. The van der Waals surface area contributed by atoms with E-state index in [4.69, 9.17) is 0 Å². The first-order chi connectivity index (χ1) is 12.1. The lowest BCUT2D eigenvalue weighted by molar-refractivity contribution is -0.143. The molecule has 1 aliphatic heterocycles. The molecule has 3 rings (SSSR count). The van der Waals surface area contributed by atoms with E-state index in [-0.39, 0.29) is 23.8 Å². The Morgan fingerprint density at radius 2 is 2.04 bits per heavy atom. The summed E-state index contributed by atoms with van der Waals surface area (Å²) in [6, 6.07) is 3.71. The van der Waals surface area contributed by atoms with Crippen molar-refractivity contribution in [2.75, 3.05) is 25.0 Å². The fourth-order valence-electron chi connectivity index (χ4n) is 3.24. The summed E-state index contributed by atoms with van der Waals surface area (Å²) in [5, 5.41) is 6.25. The van der Waals surface area contributed by atoms with Crippen molar-refractivity contribution in [2.24, 2.45) is 5.92 Å². The van der Waals surface area contributed by atoms with Crippen molar-refractivity contribution in [1.29, 1.82) is 0 Å². The summed E-state index contributed by atoms with van der Waals surface area (Å²) < 4.78 is 0. The van der Waals surface area contributed by atoms with Crippen LogP contribution in [-0.2, 0) is 9.59 Å². The van der Waals surface area contributed by atoms with E-state index in [2.05, 4.69) is 15.6 Å². The van der Waals surface area contributed by atoms with Crippen molar-refractivity contribution in [3.05, 3.63) is 23.9 Å². The number of hydrogen-bond donors (Lipinski definition) is 2. The van der Waals surface area contributed by atoms with Gasteiger partial charge in [-0.2, -0.15) is 0 Å². The molecule has 1 aromatic rings. The second kappa shape index (κ2) is 8.32. The summed E-state index contributed by atoms with van der Waals surface area (Å²) >= 11 is 0. The van der Waals surface area contributed by atoms with Gasteiger partial charge in [0.1, 0.15) is 11.9 Å². The van der Waals surface area contributed by atoms with Gasteiger partial charge in [0.15, 0.2) is 0 Å². The molecule has 1 atom stereocenters. The average Bonchev–Trinajstić information content (AvgIpc) is 3.47. The number of aryl methyl sites for hydroxylation is 1. The Hall–Kier alpha value is -2.11. The van der Waals surface area contributed by atoms with E-state index in [0.717, 1.165) is 63.0 Å². The van der Waals surface area contributed by atoms with Crippen molar-refractivity contribution in [1.82, 2.24) is 15.2 Å². The van der Waals surface area contributed by atoms with Gasteiger partial charge in [0, 0.05) is 31.7 Å². The number of carbonyl (C=O) groups excluding carboxylic acids is 2. The van der Waals surface area contributed by atoms with Crippen LogP contribution in [0.15, 0.2) is 18.3 Å². The molecule has 6 heteroatoms. The highest BCUT2D eigenvalue weighted by molar-refractivity contribution is 5.89. The number of likely N-dealkylation sites (tertiary alicyclic amines) is 1. The van der Waals surface area contributed by atoms with Gasteiger partial charge in [0.05, 0.1) is 0 Å². The smallest absolute Gasteiger partial charge is 0.242 e. The molecule has 25 heavy (non-hydrogen) atoms. The fourth-order valence-corrected chi connectivity index (χ4v) is 3.24. The van der Waals surface area contributed by atoms with Crippen LogP contribution in [0.25, 0.3) is 0 Å². The number of nitrogens with zero attached hydrogens (tertiary/aromatic N) is 2. The number of nitrogens with one attached hydrogen (secondary N) is 2. The minimum atomic E-state index is -0.270.